The first-order valence-electron chi connectivity index (χ1n) is 6.04. The van der Waals surface area contributed by atoms with Gasteiger partial charge in [-0.25, -0.2) is 0 Å². The molecule has 0 radical (unpaired) electrons. The number of unbranched alkanes of at least 4 members (excludes halogenated alkanes) is 1. The van der Waals surface area contributed by atoms with E-state index in [4.69, 9.17) is 4.74 Å². The number of ether oxygens (including phenoxy) is 1. The van der Waals surface area contributed by atoms with E-state index in [0.29, 0.717) is 0 Å². The highest BCUT2D eigenvalue weighted by Gasteiger charge is 1.99. The van der Waals surface area contributed by atoms with Gasteiger partial charge in [0.05, 0.1) is 0 Å². The second kappa shape index (κ2) is 9.82. The first-order chi connectivity index (χ1) is 8.33. The van der Waals surface area contributed by atoms with Crippen LogP contribution in [0.25, 0.3) is 0 Å². The molecule has 0 aromatic carbocycles. The molecule has 0 atom stereocenters. The SMILES string of the molecule is CCOCCCCNCCSc1nnc(C)s1. The maximum Gasteiger partial charge on any atom is 0.174 e. The Hall–Kier alpha value is -0.170. The smallest absolute Gasteiger partial charge is 0.174 e. The number of hydrogen-bond donors (Lipinski definition) is 1. The van der Waals surface area contributed by atoms with Crippen molar-refractivity contribution in [3.63, 3.8) is 0 Å². The van der Waals surface area contributed by atoms with Crippen molar-refractivity contribution in [1.82, 2.24) is 15.5 Å². The highest BCUT2D eigenvalue weighted by atomic mass is 32.2. The number of aryl methyl sites for hydroxylation is 1. The molecule has 1 rings (SSSR count). The standard InChI is InChI=1S/C11H21N3OS2/c1-3-15-8-5-4-6-12-7-9-16-11-14-13-10(2)17-11/h12H,3-9H2,1-2H3. The summed E-state index contributed by atoms with van der Waals surface area (Å²) in [4.78, 5) is 0. The van der Waals surface area contributed by atoms with Crippen LogP contribution >= 0.6 is 23.1 Å². The molecule has 98 valence electrons. The van der Waals surface area contributed by atoms with Gasteiger partial charge in [0, 0.05) is 25.5 Å². The van der Waals surface area contributed by atoms with Gasteiger partial charge in [0.2, 0.25) is 0 Å². The van der Waals surface area contributed by atoms with E-state index < -0.39 is 0 Å². The first-order valence-corrected chi connectivity index (χ1v) is 7.84. The van der Waals surface area contributed by atoms with Crippen LogP contribution in [0.3, 0.4) is 0 Å². The molecular formula is C11H21N3OS2. The molecule has 0 spiro atoms. The third kappa shape index (κ3) is 7.70. The van der Waals surface area contributed by atoms with Gasteiger partial charge < -0.3 is 10.1 Å². The van der Waals surface area contributed by atoms with E-state index in [1.807, 2.05) is 13.8 Å². The largest absolute Gasteiger partial charge is 0.382 e. The fourth-order valence-electron chi connectivity index (χ4n) is 1.27. The van der Waals surface area contributed by atoms with Crippen molar-refractivity contribution in [1.29, 1.82) is 0 Å². The number of thioether (sulfide) groups is 1. The molecule has 17 heavy (non-hydrogen) atoms. The van der Waals surface area contributed by atoms with Gasteiger partial charge in [-0.2, -0.15) is 0 Å². The predicted molar refractivity (Wildman–Crippen MR) is 74.0 cm³/mol. The Labute approximate surface area is 112 Å². The Balaban J connectivity index is 1.84. The summed E-state index contributed by atoms with van der Waals surface area (Å²) in [6.07, 6.45) is 2.33. The Bertz CT molecular complexity index is 294. The Kier molecular flexibility index (Phi) is 8.60. The highest BCUT2D eigenvalue weighted by molar-refractivity contribution is 8.01. The van der Waals surface area contributed by atoms with Crippen molar-refractivity contribution in [3.8, 4) is 0 Å². The molecule has 0 fully saturated rings. The van der Waals surface area contributed by atoms with Crippen molar-refractivity contribution < 1.29 is 4.74 Å². The van der Waals surface area contributed by atoms with Crippen molar-refractivity contribution in [3.05, 3.63) is 5.01 Å². The molecule has 6 heteroatoms. The highest BCUT2D eigenvalue weighted by Crippen LogP contribution is 2.20. The van der Waals surface area contributed by atoms with Gasteiger partial charge in [0.25, 0.3) is 0 Å². The Morgan fingerprint density at radius 1 is 1.29 bits per heavy atom. The minimum atomic E-state index is 0.825. The minimum Gasteiger partial charge on any atom is -0.382 e. The molecule has 0 bridgehead atoms. The van der Waals surface area contributed by atoms with Crippen molar-refractivity contribution in [2.24, 2.45) is 0 Å². The lowest BCUT2D eigenvalue weighted by Gasteiger charge is -2.03. The molecule has 1 aromatic heterocycles. The summed E-state index contributed by atoms with van der Waals surface area (Å²) in [5, 5.41) is 12.5. The number of aromatic nitrogens is 2. The average molecular weight is 275 g/mol. The summed E-state index contributed by atoms with van der Waals surface area (Å²) < 4.78 is 6.35. The van der Waals surface area contributed by atoms with Gasteiger partial charge in [0.1, 0.15) is 5.01 Å². The van der Waals surface area contributed by atoms with Crippen molar-refractivity contribution >= 4 is 23.1 Å². The fraction of sp³-hybridized carbons (Fsp3) is 0.818. The van der Waals surface area contributed by atoms with Crippen molar-refractivity contribution in [2.45, 2.75) is 31.0 Å². The zero-order valence-corrected chi connectivity index (χ0v) is 12.2. The summed E-state index contributed by atoms with van der Waals surface area (Å²) in [6.45, 7) is 7.83. The molecule has 1 heterocycles. The molecule has 1 aromatic rings. The molecule has 0 unspecified atom stereocenters. The Morgan fingerprint density at radius 2 is 2.18 bits per heavy atom. The van der Waals surface area contributed by atoms with E-state index in [1.54, 1.807) is 23.1 Å². The Morgan fingerprint density at radius 3 is 2.88 bits per heavy atom. The lowest BCUT2D eigenvalue weighted by molar-refractivity contribution is 0.143. The van der Waals surface area contributed by atoms with Crippen LogP contribution in [-0.4, -0.2) is 42.3 Å². The van der Waals surface area contributed by atoms with Crippen LogP contribution in [0.5, 0.6) is 0 Å². The van der Waals surface area contributed by atoms with E-state index in [2.05, 4.69) is 15.5 Å². The molecule has 1 N–H and O–H groups in total. The molecular weight excluding hydrogens is 254 g/mol. The quantitative estimate of drug-likeness (QED) is 0.524. The summed E-state index contributed by atoms with van der Waals surface area (Å²) in [5.74, 6) is 1.06. The van der Waals surface area contributed by atoms with Crippen LogP contribution in [0.15, 0.2) is 4.34 Å². The zero-order chi connectivity index (χ0) is 12.3. The van der Waals surface area contributed by atoms with Crippen LogP contribution < -0.4 is 5.32 Å². The first kappa shape index (κ1) is 14.9. The molecule has 4 nitrogen and oxygen atoms in total. The normalized spacial score (nSPS) is 10.9. The molecule has 0 aliphatic carbocycles. The van der Waals surface area contributed by atoms with Crippen LogP contribution in [0, 0.1) is 6.92 Å². The van der Waals surface area contributed by atoms with E-state index in [9.17, 15) is 0 Å². The summed E-state index contributed by atoms with van der Waals surface area (Å²) in [6, 6.07) is 0. The van der Waals surface area contributed by atoms with Gasteiger partial charge in [-0.15, -0.1) is 10.2 Å². The van der Waals surface area contributed by atoms with Gasteiger partial charge in [-0.3, -0.25) is 0 Å². The zero-order valence-electron chi connectivity index (χ0n) is 10.6. The van der Waals surface area contributed by atoms with Crippen LogP contribution in [0.2, 0.25) is 0 Å². The maximum absolute atomic E-state index is 5.28. The second-order valence-corrected chi connectivity index (χ2v) is 6.11. The molecule has 0 amide bonds. The topological polar surface area (TPSA) is 47.0 Å². The second-order valence-electron chi connectivity index (χ2n) is 3.59. The third-order valence-corrected chi connectivity index (χ3v) is 4.08. The molecule has 0 saturated heterocycles. The minimum absolute atomic E-state index is 0.825. The summed E-state index contributed by atoms with van der Waals surface area (Å²) in [7, 11) is 0. The average Bonchev–Trinajstić information content (AvgIpc) is 2.73. The monoisotopic (exact) mass is 275 g/mol. The maximum atomic E-state index is 5.28. The van der Waals surface area contributed by atoms with E-state index >= 15 is 0 Å². The molecule has 0 saturated carbocycles. The summed E-state index contributed by atoms with van der Waals surface area (Å²) >= 11 is 3.43. The number of nitrogens with one attached hydrogen (secondary N) is 1. The molecule has 0 aliphatic rings. The van der Waals surface area contributed by atoms with E-state index in [1.165, 1.54) is 6.42 Å². The van der Waals surface area contributed by atoms with Gasteiger partial charge in [0.15, 0.2) is 4.34 Å². The van der Waals surface area contributed by atoms with E-state index in [0.717, 1.165) is 47.8 Å². The third-order valence-electron chi connectivity index (χ3n) is 2.11. The predicted octanol–water partition coefficient (Wildman–Crippen LogP) is 2.34. The van der Waals surface area contributed by atoms with Gasteiger partial charge >= 0.3 is 0 Å². The number of hydrogen-bond acceptors (Lipinski definition) is 6. The molecule has 0 aliphatic heterocycles. The van der Waals surface area contributed by atoms with Crippen LogP contribution in [0.4, 0.5) is 0 Å². The van der Waals surface area contributed by atoms with Gasteiger partial charge in [-0.05, 0) is 33.2 Å². The van der Waals surface area contributed by atoms with Crippen LogP contribution in [0.1, 0.15) is 24.8 Å². The summed E-state index contributed by atoms with van der Waals surface area (Å²) in [5.41, 5.74) is 0. The van der Waals surface area contributed by atoms with Crippen molar-refractivity contribution in [2.75, 3.05) is 32.1 Å². The number of rotatable bonds is 10. The van der Waals surface area contributed by atoms with Crippen LogP contribution in [-0.2, 0) is 4.74 Å². The lowest BCUT2D eigenvalue weighted by atomic mass is 10.3. The van der Waals surface area contributed by atoms with Gasteiger partial charge in [-0.1, -0.05) is 23.1 Å². The van der Waals surface area contributed by atoms with E-state index in [-0.39, 0.29) is 0 Å². The lowest BCUT2D eigenvalue weighted by Crippen LogP contribution is -2.18. The number of nitrogens with zero attached hydrogens (tertiary/aromatic N) is 2. The fourth-order valence-corrected chi connectivity index (χ4v) is 3.05.